The van der Waals surface area contributed by atoms with Crippen molar-refractivity contribution in [1.82, 2.24) is 0 Å². The van der Waals surface area contributed by atoms with E-state index in [1.54, 1.807) is 13.8 Å². The number of carbonyl (C=O) groups is 2. The molecule has 1 aromatic carbocycles. The van der Waals surface area contributed by atoms with Gasteiger partial charge >= 0.3 is 5.97 Å². The molecule has 0 heterocycles. The molecule has 0 aromatic heterocycles. The summed E-state index contributed by atoms with van der Waals surface area (Å²) in [5.41, 5.74) is 0.876. The topological polar surface area (TPSA) is 55.4 Å². The molecular formula is C14H19NO3. The van der Waals surface area contributed by atoms with Crippen molar-refractivity contribution in [1.29, 1.82) is 0 Å². The van der Waals surface area contributed by atoms with Gasteiger partial charge in [-0.05, 0) is 32.9 Å². The molecule has 0 aliphatic rings. The second kappa shape index (κ2) is 6.79. The molecule has 18 heavy (non-hydrogen) atoms. The number of para-hydroxylation sites is 1. The van der Waals surface area contributed by atoms with Gasteiger partial charge in [0.15, 0.2) is 0 Å². The zero-order valence-electron chi connectivity index (χ0n) is 11.0. The standard InChI is InChI=1S/C14H19NO3/c1-4-18-14(17)13(11(3)16)10(2)15-12-8-6-5-7-9-12/h5-10,13,15H,4H2,1-3H3/t10-,13-/m0/s1. The summed E-state index contributed by atoms with van der Waals surface area (Å²) in [6.45, 7) is 5.21. The molecule has 0 aliphatic carbocycles. The number of hydrogen-bond acceptors (Lipinski definition) is 4. The van der Waals surface area contributed by atoms with Crippen molar-refractivity contribution in [2.45, 2.75) is 26.8 Å². The van der Waals surface area contributed by atoms with Gasteiger partial charge in [-0.2, -0.15) is 0 Å². The number of hydrogen-bond donors (Lipinski definition) is 1. The summed E-state index contributed by atoms with van der Waals surface area (Å²) < 4.78 is 4.92. The first-order valence-electron chi connectivity index (χ1n) is 6.05. The van der Waals surface area contributed by atoms with Gasteiger partial charge in [-0.1, -0.05) is 18.2 Å². The zero-order valence-corrected chi connectivity index (χ0v) is 11.0. The smallest absolute Gasteiger partial charge is 0.318 e. The van der Waals surface area contributed by atoms with Crippen LogP contribution in [0.3, 0.4) is 0 Å². The Hall–Kier alpha value is -1.84. The maximum Gasteiger partial charge on any atom is 0.318 e. The maximum absolute atomic E-state index is 11.7. The van der Waals surface area contributed by atoms with E-state index in [2.05, 4.69) is 5.32 Å². The van der Waals surface area contributed by atoms with Crippen LogP contribution in [0.1, 0.15) is 20.8 Å². The largest absolute Gasteiger partial charge is 0.465 e. The van der Waals surface area contributed by atoms with Gasteiger partial charge in [-0.15, -0.1) is 0 Å². The van der Waals surface area contributed by atoms with Crippen LogP contribution in [-0.2, 0) is 14.3 Å². The number of ether oxygens (including phenoxy) is 1. The van der Waals surface area contributed by atoms with Crippen LogP contribution in [0.5, 0.6) is 0 Å². The minimum absolute atomic E-state index is 0.190. The quantitative estimate of drug-likeness (QED) is 0.620. The SMILES string of the molecule is CCOC(=O)[C@H](C(C)=O)[C@H](C)Nc1ccccc1. The lowest BCUT2D eigenvalue weighted by Crippen LogP contribution is -2.38. The monoisotopic (exact) mass is 249 g/mol. The summed E-state index contributed by atoms with van der Waals surface area (Å²) in [6, 6.07) is 9.16. The lowest BCUT2D eigenvalue weighted by Gasteiger charge is -2.22. The minimum Gasteiger partial charge on any atom is -0.465 e. The van der Waals surface area contributed by atoms with Crippen LogP contribution in [0.2, 0.25) is 0 Å². The van der Waals surface area contributed by atoms with E-state index in [-0.39, 0.29) is 18.4 Å². The first-order valence-corrected chi connectivity index (χ1v) is 6.05. The van der Waals surface area contributed by atoms with Crippen LogP contribution in [0.4, 0.5) is 5.69 Å². The minimum atomic E-state index is -0.773. The van der Waals surface area contributed by atoms with Gasteiger partial charge in [-0.3, -0.25) is 9.59 Å². The molecule has 0 saturated heterocycles. The summed E-state index contributed by atoms with van der Waals surface area (Å²) in [7, 11) is 0. The number of benzene rings is 1. The molecular weight excluding hydrogens is 230 g/mol. The molecule has 0 aliphatic heterocycles. The molecule has 0 bridgehead atoms. The molecule has 2 atom stereocenters. The molecule has 1 rings (SSSR count). The molecule has 98 valence electrons. The average Bonchev–Trinajstić information content (AvgIpc) is 2.30. The van der Waals surface area contributed by atoms with Gasteiger partial charge in [0.1, 0.15) is 11.7 Å². The molecule has 4 heteroatoms. The van der Waals surface area contributed by atoms with E-state index in [1.807, 2.05) is 30.3 Å². The molecule has 4 nitrogen and oxygen atoms in total. The first-order chi connectivity index (χ1) is 8.56. The number of nitrogens with one attached hydrogen (secondary N) is 1. The van der Waals surface area contributed by atoms with Crippen LogP contribution in [0, 0.1) is 5.92 Å². The third-order valence-corrected chi connectivity index (χ3v) is 2.65. The van der Waals surface area contributed by atoms with E-state index in [4.69, 9.17) is 4.74 Å². The lowest BCUT2D eigenvalue weighted by molar-refractivity contribution is -0.151. The molecule has 1 aromatic rings. The highest BCUT2D eigenvalue weighted by Crippen LogP contribution is 2.15. The number of esters is 1. The Morgan fingerprint density at radius 1 is 1.28 bits per heavy atom. The number of ketones is 1. The van der Waals surface area contributed by atoms with E-state index in [0.717, 1.165) is 5.69 Å². The fraction of sp³-hybridized carbons (Fsp3) is 0.429. The van der Waals surface area contributed by atoms with Crippen LogP contribution in [0.25, 0.3) is 0 Å². The van der Waals surface area contributed by atoms with Gasteiger partial charge in [0.2, 0.25) is 0 Å². The van der Waals surface area contributed by atoms with E-state index in [9.17, 15) is 9.59 Å². The maximum atomic E-state index is 11.7. The van der Waals surface area contributed by atoms with Crippen molar-refractivity contribution in [3.63, 3.8) is 0 Å². The molecule has 0 saturated carbocycles. The van der Waals surface area contributed by atoms with E-state index in [0.29, 0.717) is 0 Å². The number of carbonyl (C=O) groups excluding carboxylic acids is 2. The van der Waals surface area contributed by atoms with Gasteiger partial charge in [0, 0.05) is 11.7 Å². The fourth-order valence-corrected chi connectivity index (χ4v) is 1.83. The van der Waals surface area contributed by atoms with Crippen molar-refractivity contribution in [2.75, 3.05) is 11.9 Å². The normalized spacial score (nSPS) is 13.5. The Labute approximate surface area is 107 Å². The van der Waals surface area contributed by atoms with E-state index >= 15 is 0 Å². The first kappa shape index (κ1) is 14.2. The highest BCUT2D eigenvalue weighted by Gasteiger charge is 2.30. The van der Waals surface area contributed by atoms with Gasteiger partial charge < -0.3 is 10.1 Å². The molecule has 0 fully saturated rings. The zero-order chi connectivity index (χ0) is 13.5. The van der Waals surface area contributed by atoms with Gasteiger partial charge in [-0.25, -0.2) is 0 Å². The molecule has 1 N–H and O–H groups in total. The van der Waals surface area contributed by atoms with Crippen LogP contribution >= 0.6 is 0 Å². The second-order valence-corrected chi connectivity index (χ2v) is 4.14. The van der Waals surface area contributed by atoms with E-state index < -0.39 is 11.9 Å². The van der Waals surface area contributed by atoms with Crippen LogP contribution in [-0.4, -0.2) is 24.4 Å². The summed E-state index contributed by atoms with van der Waals surface area (Å²) in [5.74, 6) is -1.43. The van der Waals surface area contributed by atoms with Crippen LogP contribution < -0.4 is 5.32 Å². The summed E-state index contributed by atoms with van der Waals surface area (Å²) in [6.07, 6.45) is 0. The Balaban J connectivity index is 2.74. The van der Waals surface area contributed by atoms with Crippen molar-refractivity contribution in [2.24, 2.45) is 5.92 Å². The Morgan fingerprint density at radius 3 is 2.39 bits per heavy atom. The molecule has 0 unspecified atom stereocenters. The van der Waals surface area contributed by atoms with Gasteiger partial charge in [0.25, 0.3) is 0 Å². The Kier molecular flexibility index (Phi) is 5.36. The van der Waals surface area contributed by atoms with Crippen molar-refractivity contribution < 1.29 is 14.3 Å². The highest BCUT2D eigenvalue weighted by atomic mass is 16.5. The summed E-state index contributed by atoms with van der Waals surface area (Å²) >= 11 is 0. The number of rotatable bonds is 6. The van der Waals surface area contributed by atoms with Crippen LogP contribution in [0.15, 0.2) is 30.3 Å². The Bertz CT molecular complexity index is 403. The third-order valence-electron chi connectivity index (χ3n) is 2.65. The Morgan fingerprint density at radius 2 is 1.89 bits per heavy atom. The van der Waals surface area contributed by atoms with E-state index in [1.165, 1.54) is 6.92 Å². The predicted octanol–water partition coefficient (Wildman–Crippen LogP) is 2.26. The van der Waals surface area contributed by atoms with Crippen molar-refractivity contribution >= 4 is 17.4 Å². The predicted molar refractivity (Wildman–Crippen MR) is 70.3 cm³/mol. The molecule has 0 amide bonds. The van der Waals surface area contributed by atoms with Crippen molar-refractivity contribution in [3.05, 3.63) is 30.3 Å². The summed E-state index contributed by atoms with van der Waals surface area (Å²) in [4.78, 5) is 23.3. The van der Waals surface area contributed by atoms with Gasteiger partial charge in [0.05, 0.1) is 6.61 Å². The summed E-state index contributed by atoms with van der Waals surface area (Å²) in [5, 5.41) is 3.14. The molecule has 0 spiro atoms. The second-order valence-electron chi connectivity index (χ2n) is 4.14. The fourth-order valence-electron chi connectivity index (χ4n) is 1.83. The number of anilines is 1. The van der Waals surface area contributed by atoms with Crippen molar-refractivity contribution in [3.8, 4) is 0 Å². The lowest BCUT2D eigenvalue weighted by atomic mass is 9.97. The molecule has 0 radical (unpaired) electrons. The average molecular weight is 249 g/mol. The number of Topliss-reactive ketones (excluding diaryl/α,β-unsaturated/α-hetero) is 1. The third kappa shape index (κ3) is 3.87. The highest BCUT2D eigenvalue weighted by molar-refractivity contribution is 5.98.